The zero-order valence-electron chi connectivity index (χ0n) is 9.41. The van der Waals surface area contributed by atoms with Crippen LogP contribution in [0.1, 0.15) is 31.2 Å². The third-order valence-electron chi connectivity index (χ3n) is 3.50. The Bertz CT molecular complexity index is 320. The van der Waals surface area contributed by atoms with E-state index in [2.05, 4.69) is 18.9 Å². The van der Waals surface area contributed by atoms with E-state index in [1.54, 1.807) is 12.1 Å². The fraction of sp³-hybridized carbons (Fsp3) is 0.538. The molecule has 0 aliphatic carbocycles. The van der Waals surface area contributed by atoms with Gasteiger partial charge in [-0.1, -0.05) is 19.1 Å². The van der Waals surface area contributed by atoms with Crippen molar-refractivity contribution in [2.24, 2.45) is 0 Å². The molecular weight excluding hydrogens is 189 g/mol. The Balaban J connectivity index is 2.10. The molecule has 0 aromatic heterocycles. The van der Waals surface area contributed by atoms with Crippen LogP contribution in [-0.2, 0) is 0 Å². The molecule has 15 heavy (non-hydrogen) atoms. The van der Waals surface area contributed by atoms with Crippen molar-refractivity contribution in [2.75, 3.05) is 13.6 Å². The normalized spacial score (nSPS) is 27.1. The van der Waals surface area contributed by atoms with Gasteiger partial charge in [-0.3, -0.25) is 0 Å². The second kappa shape index (κ2) is 4.31. The first kappa shape index (κ1) is 10.6. The number of likely N-dealkylation sites (N-methyl/N-ethyl adjacent to an activating group) is 1. The Morgan fingerprint density at radius 2 is 2.00 bits per heavy atom. The molecule has 1 aliphatic rings. The lowest BCUT2D eigenvalue weighted by atomic mass is 9.96. The third-order valence-corrected chi connectivity index (χ3v) is 3.50. The maximum absolute atomic E-state index is 12.8. The summed E-state index contributed by atoms with van der Waals surface area (Å²) in [5.74, 6) is 0.442. The molecule has 2 atom stereocenters. The lowest BCUT2D eigenvalue weighted by molar-refractivity contribution is 0.303. The van der Waals surface area contributed by atoms with Crippen molar-refractivity contribution in [3.05, 3.63) is 35.6 Å². The Labute approximate surface area is 90.9 Å². The Morgan fingerprint density at radius 1 is 1.33 bits per heavy atom. The molecule has 1 aliphatic heterocycles. The molecule has 2 rings (SSSR count). The minimum absolute atomic E-state index is 0.142. The molecule has 0 spiro atoms. The van der Waals surface area contributed by atoms with E-state index in [1.165, 1.54) is 18.4 Å². The highest BCUT2D eigenvalue weighted by Gasteiger charge is 2.28. The number of halogens is 1. The number of hydrogen-bond acceptors (Lipinski definition) is 1. The fourth-order valence-electron chi connectivity index (χ4n) is 2.53. The van der Waals surface area contributed by atoms with Crippen molar-refractivity contribution < 1.29 is 4.39 Å². The zero-order chi connectivity index (χ0) is 10.8. The zero-order valence-corrected chi connectivity index (χ0v) is 9.41. The molecule has 1 fully saturated rings. The van der Waals surface area contributed by atoms with Gasteiger partial charge in [0.1, 0.15) is 5.82 Å². The second-order valence-corrected chi connectivity index (χ2v) is 4.49. The highest BCUT2D eigenvalue weighted by Crippen LogP contribution is 2.31. The van der Waals surface area contributed by atoms with Gasteiger partial charge >= 0.3 is 0 Å². The van der Waals surface area contributed by atoms with Crippen LogP contribution in [0.25, 0.3) is 0 Å². The average molecular weight is 207 g/mol. The summed E-state index contributed by atoms with van der Waals surface area (Å²) < 4.78 is 12.8. The predicted octanol–water partition coefficient (Wildman–Crippen LogP) is 3.02. The molecule has 1 heterocycles. The van der Waals surface area contributed by atoms with Crippen LogP contribution < -0.4 is 0 Å². The van der Waals surface area contributed by atoms with Gasteiger partial charge in [-0.15, -0.1) is 0 Å². The highest BCUT2D eigenvalue weighted by atomic mass is 19.1. The lowest BCUT2D eigenvalue weighted by Gasteiger charge is -2.16. The topological polar surface area (TPSA) is 3.24 Å². The summed E-state index contributed by atoms with van der Waals surface area (Å²) in [6.45, 7) is 3.33. The number of likely N-dealkylation sites (tertiary alicyclic amines) is 1. The van der Waals surface area contributed by atoms with Gasteiger partial charge in [-0.05, 0) is 43.5 Å². The maximum Gasteiger partial charge on any atom is 0.123 e. The van der Waals surface area contributed by atoms with E-state index in [9.17, 15) is 4.39 Å². The lowest BCUT2D eigenvalue weighted by Crippen LogP contribution is -2.23. The van der Waals surface area contributed by atoms with E-state index in [1.807, 2.05) is 12.1 Å². The van der Waals surface area contributed by atoms with Crippen LogP contribution >= 0.6 is 0 Å². The summed E-state index contributed by atoms with van der Waals surface area (Å²) in [6.07, 6.45) is 2.41. The van der Waals surface area contributed by atoms with Crippen molar-refractivity contribution >= 4 is 0 Å². The molecule has 0 amide bonds. The highest BCUT2D eigenvalue weighted by molar-refractivity contribution is 5.22. The largest absolute Gasteiger partial charge is 0.303 e. The molecule has 1 aromatic carbocycles. The van der Waals surface area contributed by atoms with Gasteiger partial charge in [-0.2, -0.15) is 0 Å². The van der Waals surface area contributed by atoms with Crippen molar-refractivity contribution in [2.45, 2.75) is 31.7 Å². The van der Waals surface area contributed by atoms with Crippen molar-refractivity contribution in [3.8, 4) is 0 Å². The third kappa shape index (κ3) is 2.20. The molecule has 82 valence electrons. The molecule has 0 bridgehead atoms. The van der Waals surface area contributed by atoms with E-state index in [0.29, 0.717) is 12.0 Å². The van der Waals surface area contributed by atoms with E-state index in [-0.39, 0.29) is 5.82 Å². The van der Waals surface area contributed by atoms with Crippen LogP contribution in [0.15, 0.2) is 24.3 Å². The molecule has 1 saturated heterocycles. The van der Waals surface area contributed by atoms with E-state index >= 15 is 0 Å². The number of hydrogen-bond donors (Lipinski definition) is 0. The number of benzene rings is 1. The molecule has 0 radical (unpaired) electrons. The smallest absolute Gasteiger partial charge is 0.123 e. The van der Waals surface area contributed by atoms with Crippen LogP contribution in [0, 0.1) is 5.82 Å². The SMILES string of the molecule is CC[C@@H]1CC(c2ccc(F)cc2)CN1C. The maximum atomic E-state index is 12.8. The first-order valence-corrected chi connectivity index (χ1v) is 5.66. The minimum Gasteiger partial charge on any atom is -0.303 e. The van der Waals surface area contributed by atoms with Crippen molar-refractivity contribution in [1.82, 2.24) is 4.90 Å². The number of rotatable bonds is 2. The summed E-state index contributed by atoms with van der Waals surface area (Å²) in [4.78, 5) is 2.41. The van der Waals surface area contributed by atoms with E-state index < -0.39 is 0 Å². The van der Waals surface area contributed by atoms with Crippen LogP contribution in [0.4, 0.5) is 4.39 Å². The molecule has 0 N–H and O–H groups in total. The van der Waals surface area contributed by atoms with Crippen molar-refractivity contribution in [1.29, 1.82) is 0 Å². The van der Waals surface area contributed by atoms with Crippen LogP contribution in [0.2, 0.25) is 0 Å². The standard InChI is InChI=1S/C13H18FN/c1-3-13-8-11(9-15(13)2)10-4-6-12(14)7-5-10/h4-7,11,13H,3,8-9H2,1-2H3/t11?,13-/m1/s1. The fourth-order valence-corrected chi connectivity index (χ4v) is 2.53. The summed E-state index contributed by atoms with van der Waals surface area (Å²) in [5.41, 5.74) is 1.28. The Morgan fingerprint density at radius 3 is 2.53 bits per heavy atom. The predicted molar refractivity (Wildman–Crippen MR) is 60.5 cm³/mol. The molecule has 1 nitrogen and oxygen atoms in total. The summed E-state index contributed by atoms with van der Waals surface area (Å²) in [5, 5.41) is 0. The average Bonchev–Trinajstić information content (AvgIpc) is 2.61. The Kier molecular flexibility index (Phi) is 3.06. The minimum atomic E-state index is -0.142. The summed E-state index contributed by atoms with van der Waals surface area (Å²) in [7, 11) is 2.18. The van der Waals surface area contributed by atoms with Gasteiger partial charge in [0.05, 0.1) is 0 Å². The molecule has 1 unspecified atom stereocenters. The van der Waals surface area contributed by atoms with Gasteiger partial charge in [0.2, 0.25) is 0 Å². The van der Waals surface area contributed by atoms with Gasteiger partial charge in [0.25, 0.3) is 0 Å². The first-order chi connectivity index (χ1) is 7.20. The quantitative estimate of drug-likeness (QED) is 0.720. The second-order valence-electron chi connectivity index (χ2n) is 4.49. The van der Waals surface area contributed by atoms with Gasteiger partial charge in [0.15, 0.2) is 0 Å². The number of nitrogens with zero attached hydrogens (tertiary/aromatic N) is 1. The van der Waals surface area contributed by atoms with Crippen LogP contribution in [0.3, 0.4) is 0 Å². The Hall–Kier alpha value is -0.890. The van der Waals surface area contributed by atoms with Crippen LogP contribution in [-0.4, -0.2) is 24.5 Å². The van der Waals surface area contributed by atoms with E-state index in [0.717, 1.165) is 6.54 Å². The molecular formula is C13H18FN. The van der Waals surface area contributed by atoms with Gasteiger partial charge in [0, 0.05) is 12.6 Å². The monoisotopic (exact) mass is 207 g/mol. The van der Waals surface area contributed by atoms with Gasteiger partial charge in [-0.25, -0.2) is 4.39 Å². The summed E-state index contributed by atoms with van der Waals surface area (Å²) >= 11 is 0. The molecule has 1 aromatic rings. The molecule has 0 saturated carbocycles. The van der Waals surface area contributed by atoms with Crippen LogP contribution in [0.5, 0.6) is 0 Å². The first-order valence-electron chi connectivity index (χ1n) is 5.66. The summed E-state index contributed by atoms with van der Waals surface area (Å²) in [6, 6.07) is 7.67. The van der Waals surface area contributed by atoms with Crippen molar-refractivity contribution in [3.63, 3.8) is 0 Å². The van der Waals surface area contributed by atoms with Gasteiger partial charge < -0.3 is 4.90 Å². The molecule has 2 heteroatoms. The van der Waals surface area contributed by atoms with E-state index in [4.69, 9.17) is 0 Å².